The van der Waals surface area contributed by atoms with Crippen molar-refractivity contribution in [3.63, 3.8) is 0 Å². The lowest BCUT2D eigenvalue weighted by molar-refractivity contribution is -0.121. The summed E-state index contributed by atoms with van der Waals surface area (Å²) in [5.74, 6) is 0.843. The predicted octanol–water partition coefficient (Wildman–Crippen LogP) is 2.74. The van der Waals surface area contributed by atoms with E-state index in [4.69, 9.17) is 0 Å². The molecular weight excluding hydrogens is 465 g/mol. The van der Waals surface area contributed by atoms with Crippen LogP contribution >= 0.6 is 24.0 Å². The van der Waals surface area contributed by atoms with Gasteiger partial charge < -0.3 is 16.0 Å². The summed E-state index contributed by atoms with van der Waals surface area (Å²) in [6.45, 7) is 7.68. The van der Waals surface area contributed by atoms with Crippen LogP contribution in [0.15, 0.2) is 35.3 Å². The number of hydrogen-bond donors (Lipinski definition) is 3. The van der Waals surface area contributed by atoms with Crippen LogP contribution in [0.5, 0.6) is 0 Å². The molecule has 158 valence electrons. The van der Waals surface area contributed by atoms with Crippen LogP contribution in [-0.4, -0.2) is 55.5 Å². The van der Waals surface area contributed by atoms with Crippen LogP contribution in [0.1, 0.15) is 45.1 Å². The van der Waals surface area contributed by atoms with Gasteiger partial charge >= 0.3 is 0 Å². The number of amides is 1. The van der Waals surface area contributed by atoms with E-state index in [1.54, 1.807) is 7.05 Å². The maximum Gasteiger partial charge on any atom is 0.221 e. The Bertz CT molecular complexity index is 596. The molecule has 28 heavy (non-hydrogen) atoms. The highest BCUT2D eigenvalue weighted by atomic mass is 127. The van der Waals surface area contributed by atoms with Crippen LogP contribution in [0.3, 0.4) is 0 Å². The highest BCUT2D eigenvalue weighted by Gasteiger charge is 2.24. The van der Waals surface area contributed by atoms with Gasteiger partial charge in [0.1, 0.15) is 0 Å². The molecule has 0 saturated carbocycles. The average Bonchev–Trinajstić information content (AvgIpc) is 3.12. The third-order valence-corrected chi connectivity index (χ3v) is 5.12. The predicted molar refractivity (Wildman–Crippen MR) is 127 cm³/mol. The van der Waals surface area contributed by atoms with Crippen molar-refractivity contribution in [3.05, 3.63) is 35.9 Å². The Morgan fingerprint density at radius 2 is 2.04 bits per heavy atom. The number of aliphatic imine (C=N–C) groups is 1. The van der Waals surface area contributed by atoms with E-state index >= 15 is 0 Å². The van der Waals surface area contributed by atoms with E-state index in [0.29, 0.717) is 19.0 Å². The molecule has 3 N–H and O–H groups in total. The van der Waals surface area contributed by atoms with Gasteiger partial charge in [-0.15, -0.1) is 24.0 Å². The van der Waals surface area contributed by atoms with Crippen molar-refractivity contribution in [2.24, 2.45) is 4.99 Å². The fourth-order valence-corrected chi connectivity index (χ4v) is 3.33. The van der Waals surface area contributed by atoms with Crippen molar-refractivity contribution in [1.29, 1.82) is 0 Å². The maximum absolute atomic E-state index is 11.8. The van der Waals surface area contributed by atoms with Gasteiger partial charge in [0.25, 0.3) is 0 Å². The van der Waals surface area contributed by atoms with Gasteiger partial charge in [-0.3, -0.25) is 14.7 Å². The van der Waals surface area contributed by atoms with Crippen LogP contribution in [0, 0.1) is 0 Å². The Morgan fingerprint density at radius 3 is 2.71 bits per heavy atom. The standard InChI is InChI=1S/C21H35N5O.HI/c1-4-17(2)25-20(27)12-13-23-21(22-3)24-15-19-11-8-14-26(19)16-18-9-6-5-7-10-18;/h5-7,9-10,17,19H,4,8,11-16H2,1-3H3,(H,25,27)(H2,22,23,24);1H. The second-order valence-electron chi connectivity index (χ2n) is 7.26. The molecule has 1 amide bonds. The van der Waals surface area contributed by atoms with Crippen LogP contribution in [-0.2, 0) is 11.3 Å². The molecule has 1 aliphatic rings. The summed E-state index contributed by atoms with van der Waals surface area (Å²) in [5, 5.41) is 9.64. The molecule has 7 heteroatoms. The monoisotopic (exact) mass is 501 g/mol. The zero-order valence-electron chi connectivity index (χ0n) is 17.4. The van der Waals surface area contributed by atoms with E-state index in [1.165, 1.54) is 18.4 Å². The van der Waals surface area contributed by atoms with Gasteiger partial charge in [0.2, 0.25) is 5.91 Å². The van der Waals surface area contributed by atoms with Crippen molar-refractivity contribution in [2.45, 2.75) is 58.2 Å². The molecule has 0 radical (unpaired) electrons. The molecular formula is C21H36IN5O. The summed E-state index contributed by atoms with van der Waals surface area (Å²) in [5.41, 5.74) is 1.36. The second kappa shape index (κ2) is 13.8. The number of guanidine groups is 1. The molecule has 1 saturated heterocycles. The van der Waals surface area contributed by atoms with E-state index in [9.17, 15) is 4.79 Å². The smallest absolute Gasteiger partial charge is 0.221 e. The SMILES string of the molecule is CCC(C)NC(=O)CCNC(=NC)NCC1CCCN1Cc1ccccc1.I. The molecule has 0 bridgehead atoms. The molecule has 6 nitrogen and oxygen atoms in total. The van der Waals surface area contributed by atoms with Gasteiger partial charge in [0.15, 0.2) is 5.96 Å². The van der Waals surface area contributed by atoms with Crippen molar-refractivity contribution in [1.82, 2.24) is 20.9 Å². The molecule has 0 aliphatic carbocycles. The number of rotatable bonds is 9. The van der Waals surface area contributed by atoms with Crippen molar-refractivity contribution >= 4 is 35.8 Å². The summed E-state index contributed by atoms with van der Waals surface area (Å²) >= 11 is 0. The number of nitrogens with zero attached hydrogens (tertiary/aromatic N) is 2. The van der Waals surface area contributed by atoms with E-state index in [-0.39, 0.29) is 35.9 Å². The molecule has 1 aliphatic heterocycles. The summed E-state index contributed by atoms with van der Waals surface area (Å²) < 4.78 is 0. The molecule has 0 aromatic heterocycles. The minimum absolute atomic E-state index is 0. The quantitative estimate of drug-likeness (QED) is 0.277. The fraction of sp³-hybridized carbons (Fsp3) is 0.619. The Labute approximate surface area is 187 Å². The number of carbonyl (C=O) groups excluding carboxylic acids is 1. The molecule has 2 atom stereocenters. The molecule has 1 aromatic rings. The van der Waals surface area contributed by atoms with E-state index in [1.807, 2.05) is 6.92 Å². The normalized spacial score (nSPS) is 18.2. The van der Waals surface area contributed by atoms with Crippen LogP contribution in [0.2, 0.25) is 0 Å². The van der Waals surface area contributed by atoms with Crippen molar-refractivity contribution in [2.75, 3.05) is 26.7 Å². The third kappa shape index (κ3) is 8.77. The third-order valence-electron chi connectivity index (χ3n) is 5.12. The molecule has 0 spiro atoms. The highest BCUT2D eigenvalue weighted by Crippen LogP contribution is 2.19. The van der Waals surface area contributed by atoms with Crippen molar-refractivity contribution in [3.8, 4) is 0 Å². The van der Waals surface area contributed by atoms with Crippen LogP contribution < -0.4 is 16.0 Å². The first kappa shape index (κ1) is 24.7. The van der Waals surface area contributed by atoms with Gasteiger partial charge in [-0.05, 0) is 38.3 Å². The zero-order valence-corrected chi connectivity index (χ0v) is 19.7. The fourth-order valence-electron chi connectivity index (χ4n) is 3.33. The highest BCUT2D eigenvalue weighted by molar-refractivity contribution is 14.0. The van der Waals surface area contributed by atoms with E-state index in [0.717, 1.165) is 32.0 Å². The van der Waals surface area contributed by atoms with Crippen molar-refractivity contribution < 1.29 is 4.79 Å². The number of hydrogen-bond acceptors (Lipinski definition) is 3. The first-order valence-electron chi connectivity index (χ1n) is 10.1. The van der Waals surface area contributed by atoms with Gasteiger partial charge in [0.05, 0.1) is 0 Å². The van der Waals surface area contributed by atoms with Crippen LogP contribution in [0.4, 0.5) is 0 Å². The number of nitrogens with one attached hydrogen (secondary N) is 3. The minimum Gasteiger partial charge on any atom is -0.356 e. The summed E-state index contributed by atoms with van der Waals surface area (Å²) in [4.78, 5) is 18.7. The zero-order chi connectivity index (χ0) is 19.5. The Balaban J connectivity index is 0.00000392. The largest absolute Gasteiger partial charge is 0.356 e. The van der Waals surface area contributed by atoms with Gasteiger partial charge in [0, 0.05) is 45.2 Å². The topological polar surface area (TPSA) is 68.8 Å². The lowest BCUT2D eigenvalue weighted by atomic mass is 10.2. The molecule has 1 aromatic carbocycles. The summed E-state index contributed by atoms with van der Waals surface area (Å²) in [7, 11) is 1.77. The number of carbonyl (C=O) groups is 1. The number of halogens is 1. The van der Waals surface area contributed by atoms with Gasteiger partial charge in [-0.25, -0.2) is 0 Å². The number of benzene rings is 1. The minimum atomic E-state index is 0. The average molecular weight is 501 g/mol. The van der Waals surface area contributed by atoms with E-state index < -0.39 is 0 Å². The first-order valence-corrected chi connectivity index (χ1v) is 10.1. The molecule has 1 fully saturated rings. The molecule has 1 heterocycles. The lowest BCUT2D eigenvalue weighted by Gasteiger charge is -2.25. The van der Waals surface area contributed by atoms with Crippen LogP contribution in [0.25, 0.3) is 0 Å². The molecule has 2 rings (SSSR count). The summed E-state index contributed by atoms with van der Waals surface area (Å²) in [6, 6.07) is 11.4. The van der Waals surface area contributed by atoms with Gasteiger partial charge in [-0.2, -0.15) is 0 Å². The Morgan fingerprint density at radius 1 is 1.29 bits per heavy atom. The van der Waals surface area contributed by atoms with E-state index in [2.05, 4.69) is 63.1 Å². The lowest BCUT2D eigenvalue weighted by Crippen LogP contribution is -2.45. The van der Waals surface area contributed by atoms with Gasteiger partial charge in [-0.1, -0.05) is 37.3 Å². The second-order valence-corrected chi connectivity index (χ2v) is 7.26. The first-order chi connectivity index (χ1) is 13.1. The summed E-state index contributed by atoms with van der Waals surface area (Å²) in [6.07, 6.45) is 3.84. The Hall–Kier alpha value is -1.35. The maximum atomic E-state index is 11.8. The number of likely N-dealkylation sites (tertiary alicyclic amines) is 1. The Kier molecular flexibility index (Phi) is 12.1. The molecule has 2 unspecified atom stereocenters.